The van der Waals surface area contributed by atoms with Gasteiger partial charge in [0, 0.05) is 17.5 Å². The highest BCUT2D eigenvalue weighted by Gasteiger charge is 2.27. The van der Waals surface area contributed by atoms with Gasteiger partial charge in [-0.25, -0.2) is 9.55 Å². The fraction of sp³-hybridized carbons (Fsp3) is 0.273. The Morgan fingerprint density at radius 2 is 1.74 bits per heavy atom. The maximum absolute atomic E-state index is 5.73. The number of halogens is 1. The first-order chi connectivity index (χ1) is 12.5. The van der Waals surface area contributed by atoms with Gasteiger partial charge in [0.2, 0.25) is 5.52 Å². The van der Waals surface area contributed by atoms with Gasteiger partial charge in [0.1, 0.15) is 6.54 Å². The standard InChI is InChI=1S/C22H24N3O.BrH/c1-22(2,3)18-14-17-20(21(23-18)26-4)25(15-16-10-6-5-7-11-16)19-12-8-9-13-24(17)19;/h5-14H,15H2,1-4H3;1H/q+1;/p-1. The molecule has 3 heterocycles. The summed E-state index contributed by atoms with van der Waals surface area (Å²) in [6.45, 7) is 7.29. The van der Waals surface area contributed by atoms with Crippen LogP contribution < -0.4 is 26.3 Å². The monoisotopic (exact) mass is 425 g/mol. The molecule has 0 atom stereocenters. The Bertz CT molecular complexity index is 1080. The van der Waals surface area contributed by atoms with Gasteiger partial charge in [0.25, 0.3) is 11.5 Å². The average Bonchev–Trinajstić information content (AvgIpc) is 2.95. The lowest BCUT2D eigenvalue weighted by molar-refractivity contribution is -0.636. The van der Waals surface area contributed by atoms with Crippen molar-refractivity contribution in [1.82, 2.24) is 9.38 Å². The van der Waals surface area contributed by atoms with Gasteiger partial charge in [-0.05, 0) is 11.6 Å². The third-order valence-electron chi connectivity index (χ3n) is 4.73. The minimum atomic E-state index is -0.0509. The van der Waals surface area contributed by atoms with Crippen LogP contribution in [0.1, 0.15) is 32.0 Å². The van der Waals surface area contributed by atoms with Gasteiger partial charge < -0.3 is 21.7 Å². The van der Waals surface area contributed by atoms with E-state index in [0.717, 1.165) is 28.9 Å². The van der Waals surface area contributed by atoms with E-state index >= 15 is 0 Å². The molecule has 0 spiro atoms. The summed E-state index contributed by atoms with van der Waals surface area (Å²) >= 11 is 0. The molecule has 0 amide bonds. The van der Waals surface area contributed by atoms with Crippen molar-refractivity contribution < 1.29 is 26.3 Å². The van der Waals surface area contributed by atoms with E-state index in [4.69, 9.17) is 9.72 Å². The van der Waals surface area contributed by atoms with Crippen molar-refractivity contribution in [3.05, 3.63) is 72.1 Å². The maximum atomic E-state index is 5.73. The lowest BCUT2D eigenvalue weighted by Gasteiger charge is -2.17. The molecule has 4 rings (SSSR count). The number of imidazole rings is 1. The van der Waals surface area contributed by atoms with Gasteiger partial charge in [0.05, 0.1) is 19.0 Å². The second-order valence-corrected chi connectivity index (χ2v) is 7.64. The topological polar surface area (TPSA) is 30.4 Å². The van der Waals surface area contributed by atoms with Crippen molar-refractivity contribution >= 4 is 16.7 Å². The summed E-state index contributed by atoms with van der Waals surface area (Å²) in [5.74, 6) is 0.673. The van der Waals surface area contributed by atoms with Gasteiger partial charge in [-0.15, -0.1) is 0 Å². The second kappa shape index (κ2) is 7.31. The second-order valence-electron chi connectivity index (χ2n) is 7.64. The van der Waals surface area contributed by atoms with Crippen LogP contribution in [-0.4, -0.2) is 16.5 Å². The highest BCUT2D eigenvalue weighted by atomic mass is 79.9. The van der Waals surface area contributed by atoms with Crippen LogP contribution in [0.25, 0.3) is 16.7 Å². The Morgan fingerprint density at radius 1 is 1.04 bits per heavy atom. The SMILES string of the molecule is COc1nc(C(C)(C)C)cc2c1[n+](Cc1ccccc1)c1ccccn21.[Br-]. The normalized spacial score (nSPS) is 11.6. The number of fused-ring (bicyclic) bond motifs is 3. The van der Waals surface area contributed by atoms with Crippen molar-refractivity contribution in [1.29, 1.82) is 0 Å². The molecule has 0 radical (unpaired) electrons. The molecule has 4 nitrogen and oxygen atoms in total. The van der Waals surface area contributed by atoms with Gasteiger partial charge in [-0.3, -0.25) is 0 Å². The smallest absolute Gasteiger partial charge is 0.287 e. The molecule has 27 heavy (non-hydrogen) atoms. The summed E-state index contributed by atoms with van der Waals surface area (Å²) in [4.78, 5) is 4.83. The number of aromatic nitrogens is 3. The molecule has 5 heteroatoms. The molecule has 0 fully saturated rings. The predicted octanol–water partition coefficient (Wildman–Crippen LogP) is 1.13. The Kier molecular flexibility index (Phi) is 5.24. The number of benzene rings is 1. The Labute approximate surface area is 170 Å². The van der Waals surface area contributed by atoms with Crippen molar-refractivity contribution in [3.8, 4) is 5.88 Å². The van der Waals surface area contributed by atoms with Crippen LogP contribution in [0, 0.1) is 0 Å². The van der Waals surface area contributed by atoms with Gasteiger partial charge in [-0.1, -0.05) is 57.2 Å². The summed E-state index contributed by atoms with van der Waals surface area (Å²) in [6, 6.07) is 18.9. The van der Waals surface area contributed by atoms with Crippen molar-refractivity contribution in [2.45, 2.75) is 32.7 Å². The van der Waals surface area contributed by atoms with Crippen LogP contribution in [0.15, 0.2) is 60.8 Å². The molecule has 0 N–H and O–H groups in total. The van der Waals surface area contributed by atoms with Crippen LogP contribution in [-0.2, 0) is 12.0 Å². The van der Waals surface area contributed by atoms with Crippen molar-refractivity contribution in [2.75, 3.05) is 7.11 Å². The van der Waals surface area contributed by atoms with E-state index in [1.807, 2.05) is 6.07 Å². The first-order valence-electron chi connectivity index (χ1n) is 8.91. The van der Waals surface area contributed by atoms with E-state index in [-0.39, 0.29) is 22.4 Å². The van der Waals surface area contributed by atoms with E-state index in [1.54, 1.807) is 7.11 Å². The number of pyridine rings is 2. The zero-order chi connectivity index (χ0) is 18.3. The van der Waals surface area contributed by atoms with Crippen molar-refractivity contribution in [2.24, 2.45) is 0 Å². The van der Waals surface area contributed by atoms with Crippen LogP contribution in [0.4, 0.5) is 0 Å². The summed E-state index contributed by atoms with van der Waals surface area (Å²) in [6.07, 6.45) is 2.10. The molecule has 0 saturated heterocycles. The molecule has 0 saturated carbocycles. The lowest BCUT2D eigenvalue weighted by Crippen LogP contribution is -3.00. The van der Waals surface area contributed by atoms with Crippen LogP contribution in [0.5, 0.6) is 5.88 Å². The number of hydrogen-bond acceptors (Lipinski definition) is 2. The third kappa shape index (κ3) is 3.44. The number of methoxy groups -OCH3 is 1. The molecular formula is C22H24BrN3O. The fourth-order valence-electron chi connectivity index (χ4n) is 3.36. The summed E-state index contributed by atoms with van der Waals surface area (Å²) < 4.78 is 10.2. The molecule has 4 aromatic rings. The highest BCUT2D eigenvalue weighted by molar-refractivity contribution is 5.80. The number of hydrogen-bond donors (Lipinski definition) is 0. The van der Waals surface area contributed by atoms with E-state index in [9.17, 15) is 0 Å². The predicted molar refractivity (Wildman–Crippen MR) is 104 cm³/mol. The third-order valence-corrected chi connectivity index (χ3v) is 4.73. The van der Waals surface area contributed by atoms with E-state index < -0.39 is 0 Å². The van der Waals surface area contributed by atoms with Crippen LogP contribution in [0.2, 0.25) is 0 Å². The first kappa shape index (κ1) is 19.4. The first-order valence-corrected chi connectivity index (χ1v) is 8.91. The molecule has 0 bridgehead atoms. The zero-order valence-corrected chi connectivity index (χ0v) is 17.7. The van der Waals surface area contributed by atoms with E-state index in [2.05, 4.69) is 84.5 Å². The molecule has 140 valence electrons. The van der Waals surface area contributed by atoms with Crippen LogP contribution >= 0.6 is 0 Å². The lowest BCUT2D eigenvalue weighted by atomic mass is 9.91. The minimum absolute atomic E-state index is 0. The Hall–Kier alpha value is -2.40. The molecule has 1 aromatic carbocycles. The van der Waals surface area contributed by atoms with Gasteiger partial charge >= 0.3 is 0 Å². The molecule has 0 aliphatic rings. The summed E-state index contributed by atoms with van der Waals surface area (Å²) in [7, 11) is 1.70. The maximum Gasteiger partial charge on any atom is 0.287 e. The molecule has 0 aliphatic heterocycles. The quantitative estimate of drug-likeness (QED) is 0.460. The van der Waals surface area contributed by atoms with Gasteiger partial charge in [-0.2, -0.15) is 4.40 Å². The molecule has 3 aromatic heterocycles. The Morgan fingerprint density at radius 3 is 2.41 bits per heavy atom. The molecular weight excluding hydrogens is 402 g/mol. The Balaban J connectivity index is 0.00000210. The number of rotatable bonds is 3. The van der Waals surface area contributed by atoms with E-state index in [1.165, 1.54) is 5.56 Å². The summed E-state index contributed by atoms with van der Waals surface area (Å²) in [5, 5.41) is 0. The average molecular weight is 426 g/mol. The molecule has 0 aliphatic carbocycles. The number of ether oxygens (including phenoxy) is 1. The molecule has 0 unspecified atom stereocenters. The van der Waals surface area contributed by atoms with E-state index in [0.29, 0.717) is 5.88 Å². The van der Waals surface area contributed by atoms with Crippen molar-refractivity contribution in [3.63, 3.8) is 0 Å². The van der Waals surface area contributed by atoms with Crippen LogP contribution in [0.3, 0.4) is 0 Å². The minimum Gasteiger partial charge on any atom is -1.00 e. The zero-order valence-electron chi connectivity index (χ0n) is 16.1. The highest BCUT2D eigenvalue weighted by Crippen LogP contribution is 2.29. The fourth-order valence-corrected chi connectivity index (χ4v) is 3.36. The number of nitrogens with zero attached hydrogens (tertiary/aromatic N) is 3. The van der Waals surface area contributed by atoms with Gasteiger partial charge in [0.15, 0.2) is 5.52 Å². The largest absolute Gasteiger partial charge is 1.00 e. The summed E-state index contributed by atoms with van der Waals surface area (Å²) in [5.41, 5.74) is 5.49.